The van der Waals surface area contributed by atoms with Gasteiger partial charge in [0.05, 0.1) is 30.0 Å². The molecule has 0 bridgehead atoms. The monoisotopic (exact) mass is 500 g/mol. The van der Waals surface area contributed by atoms with Crippen molar-refractivity contribution >= 4 is 28.9 Å². The second-order valence-electron chi connectivity index (χ2n) is 8.51. The van der Waals surface area contributed by atoms with Crippen molar-refractivity contribution in [1.82, 2.24) is 24.8 Å². The number of anilines is 1. The number of pyridine rings is 2. The van der Waals surface area contributed by atoms with Gasteiger partial charge in [-0.1, -0.05) is 12.1 Å². The highest BCUT2D eigenvalue weighted by atomic mass is 32.1. The Kier molecular flexibility index (Phi) is 6.99. The Morgan fingerprint density at radius 1 is 1.00 bits per heavy atom. The lowest BCUT2D eigenvalue weighted by Crippen LogP contribution is -2.33. The van der Waals surface area contributed by atoms with Crippen LogP contribution in [0.2, 0.25) is 0 Å². The van der Waals surface area contributed by atoms with Crippen LogP contribution in [0.5, 0.6) is 0 Å². The van der Waals surface area contributed by atoms with Crippen molar-refractivity contribution in [2.45, 2.75) is 25.0 Å². The van der Waals surface area contributed by atoms with E-state index < -0.39 is 0 Å². The molecular formula is C27H25FN6OS. The van der Waals surface area contributed by atoms with Crippen LogP contribution in [0.3, 0.4) is 0 Å². The molecule has 182 valence electrons. The highest BCUT2D eigenvalue weighted by Crippen LogP contribution is 2.39. The molecule has 0 saturated carbocycles. The Balaban J connectivity index is 1.39. The third-order valence-electron chi connectivity index (χ3n) is 6.13. The van der Waals surface area contributed by atoms with Crippen molar-refractivity contribution < 1.29 is 9.18 Å². The maximum absolute atomic E-state index is 13.2. The molecule has 1 aliphatic heterocycles. The fourth-order valence-electron chi connectivity index (χ4n) is 4.45. The number of carbonyl (C=O) groups excluding carboxylic acids is 1. The van der Waals surface area contributed by atoms with E-state index in [0.29, 0.717) is 23.9 Å². The van der Waals surface area contributed by atoms with Crippen LogP contribution < -0.4 is 10.6 Å². The number of amides is 1. The van der Waals surface area contributed by atoms with Crippen molar-refractivity contribution in [3.8, 4) is 0 Å². The summed E-state index contributed by atoms with van der Waals surface area (Å²) in [6.07, 6.45) is 5.79. The summed E-state index contributed by atoms with van der Waals surface area (Å²) in [5.41, 5.74) is 3.41. The predicted octanol–water partition coefficient (Wildman–Crippen LogP) is 4.47. The van der Waals surface area contributed by atoms with E-state index in [4.69, 9.17) is 12.2 Å². The van der Waals surface area contributed by atoms with Crippen molar-refractivity contribution in [1.29, 1.82) is 0 Å². The molecule has 2 atom stereocenters. The Bertz CT molecular complexity index is 1330. The number of hydrogen-bond donors (Lipinski definition) is 2. The second-order valence-corrected chi connectivity index (χ2v) is 8.89. The molecular weight excluding hydrogens is 475 g/mol. The van der Waals surface area contributed by atoms with Gasteiger partial charge in [0.25, 0.3) is 0 Å². The van der Waals surface area contributed by atoms with Gasteiger partial charge in [-0.25, -0.2) is 4.39 Å². The molecule has 1 amide bonds. The molecule has 1 fully saturated rings. The number of nitrogens with one attached hydrogen (secondary N) is 2. The molecule has 9 heteroatoms. The van der Waals surface area contributed by atoms with E-state index in [-0.39, 0.29) is 30.2 Å². The van der Waals surface area contributed by atoms with Gasteiger partial charge in [0.1, 0.15) is 5.82 Å². The molecule has 36 heavy (non-hydrogen) atoms. The smallest absolute Gasteiger partial charge is 0.226 e. The second kappa shape index (κ2) is 10.7. The molecule has 1 aromatic carbocycles. The molecule has 3 aromatic heterocycles. The lowest BCUT2D eigenvalue weighted by atomic mass is 10.0. The van der Waals surface area contributed by atoms with Crippen LogP contribution in [-0.2, 0) is 11.3 Å². The van der Waals surface area contributed by atoms with Crippen LogP contribution in [0.1, 0.15) is 35.6 Å². The topological polar surface area (TPSA) is 75.1 Å². The fourth-order valence-corrected chi connectivity index (χ4v) is 4.78. The molecule has 0 spiro atoms. The van der Waals surface area contributed by atoms with Gasteiger partial charge in [0.15, 0.2) is 5.11 Å². The number of thiocarbonyl (C=S) groups is 1. The van der Waals surface area contributed by atoms with Crippen LogP contribution in [0, 0.1) is 5.82 Å². The fraction of sp³-hybridized carbons (Fsp3) is 0.185. The van der Waals surface area contributed by atoms with Gasteiger partial charge >= 0.3 is 0 Å². The number of aromatic nitrogens is 3. The highest BCUT2D eigenvalue weighted by Gasteiger charge is 2.41. The summed E-state index contributed by atoms with van der Waals surface area (Å²) in [7, 11) is 0. The number of hydrogen-bond acceptors (Lipinski definition) is 4. The van der Waals surface area contributed by atoms with Gasteiger partial charge in [-0.3, -0.25) is 14.8 Å². The quantitative estimate of drug-likeness (QED) is 0.348. The van der Waals surface area contributed by atoms with E-state index in [1.54, 1.807) is 24.5 Å². The summed E-state index contributed by atoms with van der Waals surface area (Å²) >= 11 is 5.73. The van der Waals surface area contributed by atoms with Crippen molar-refractivity contribution in [2.24, 2.45) is 0 Å². The lowest BCUT2D eigenvalue weighted by molar-refractivity contribution is -0.116. The normalized spacial score (nSPS) is 17.1. The van der Waals surface area contributed by atoms with Crippen LogP contribution in [-0.4, -0.2) is 37.0 Å². The van der Waals surface area contributed by atoms with Crippen LogP contribution in [0.25, 0.3) is 0 Å². The standard InChI is InChI=1S/C27H25FN6OS/c28-19-9-11-20(12-10-19)31-24(35)13-17-34-26(25(32-27(34)36)22-7-2-4-15-30-22)23-8-5-16-33(23)18-21-6-1-3-14-29-21/h1-12,14-16,25-26H,13,17-18H2,(H,31,35)(H,32,36)/t25-,26-/m1/s1. The summed E-state index contributed by atoms with van der Waals surface area (Å²) in [5.74, 6) is -0.521. The first-order valence-electron chi connectivity index (χ1n) is 11.7. The zero-order valence-corrected chi connectivity index (χ0v) is 20.2. The minimum Gasteiger partial charge on any atom is -0.352 e. The molecule has 4 heterocycles. The Labute approximate surface area is 214 Å². The number of rotatable bonds is 8. The molecule has 0 unspecified atom stereocenters. The van der Waals surface area contributed by atoms with E-state index in [9.17, 15) is 9.18 Å². The third kappa shape index (κ3) is 5.26. The van der Waals surface area contributed by atoms with Crippen LogP contribution in [0.4, 0.5) is 10.1 Å². The van der Waals surface area contributed by atoms with Gasteiger partial charge in [0, 0.05) is 42.9 Å². The molecule has 1 aliphatic rings. The highest BCUT2D eigenvalue weighted by molar-refractivity contribution is 7.80. The summed E-state index contributed by atoms with van der Waals surface area (Å²) in [5, 5.41) is 6.81. The molecule has 1 saturated heterocycles. The van der Waals surface area contributed by atoms with E-state index in [2.05, 4.69) is 31.2 Å². The number of nitrogens with zero attached hydrogens (tertiary/aromatic N) is 4. The van der Waals surface area contributed by atoms with Gasteiger partial charge in [-0.05, 0) is 72.9 Å². The zero-order valence-electron chi connectivity index (χ0n) is 19.4. The van der Waals surface area contributed by atoms with E-state index in [0.717, 1.165) is 17.1 Å². The first-order chi connectivity index (χ1) is 17.6. The third-order valence-corrected chi connectivity index (χ3v) is 6.48. The summed E-state index contributed by atoms with van der Waals surface area (Å²) in [6.45, 7) is 1.02. The van der Waals surface area contributed by atoms with Crippen molar-refractivity contribution in [3.63, 3.8) is 0 Å². The van der Waals surface area contributed by atoms with Crippen LogP contribution in [0.15, 0.2) is 91.4 Å². The largest absolute Gasteiger partial charge is 0.352 e. The minimum absolute atomic E-state index is 0.173. The van der Waals surface area contributed by atoms with Crippen molar-refractivity contribution in [3.05, 3.63) is 114 Å². The van der Waals surface area contributed by atoms with Gasteiger partial charge in [-0.15, -0.1) is 0 Å². The zero-order chi connectivity index (χ0) is 24.9. The first-order valence-corrected chi connectivity index (χ1v) is 12.1. The summed E-state index contributed by atoms with van der Waals surface area (Å²) in [4.78, 5) is 23.8. The molecule has 0 radical (unpaired) electrons. The molecule has 7 nitrogen and oxygen atoms in total. The number of halogens is 1. The molecule has 2 N–H and O–H groups in total. The number of carbonyl (C=O) groups is 1. The van der Waals surface area contributed by atoms with Gasteiger partial charge in [0.2, 0.25) is 5.91 Å². The molecule has 5 rings (SSSR count). The minimum atomic E-state index is -0.349. The summed E-state index contributed by atoms with van der Waals surface area (Å²) in [6, 6.07) is 21.1. The SMILES string of the molecule is O=C(CCN1C(=S)N[C@H](c2ccccn2)[C@H]1c1cccn1Cc1ccccn1)Nc1ccc(F)cc1. The maximum atomic E-state index is 13.2. The van der Waals surface area contributed by atoms with Crippen molar-refractivity contribution in [2.75, 3.05) is 11.9 Å². The Morgan fingerprint density at radius 3 is 2.50 bits per heavy atom. The first kappa shape index (κ1) is 23.6. The Hall–Kier alpha value is -4.11. The average Bonchev–Trinajstić information content (AvgIpc) is 3.48. The van der Waals surface area contributed by atoms with E-state index >= 15 is 0 Å². The van der Waals surface area contributed by atoms with E-state index in [1.165, 1.54) is 12.1 Å². The molecule has 4 aromatic rings. The summed E-state index contributed by atoms with van der Waals surface area (Å²) < 4.78 is 15.3. The van der Waals surface area contributed by atoms with Gasteiger partial charge in [-0.2, -0.15) is 0 Å². The average molecular weight is 501 g/mol. The predicted molar refractivity (Wildman–Crippen MR) is 140 cm³/mol. The van der Waals surface area contributed by atoms with Gasteiger partial charge < -0.3 is 20.1 Å². The lowest BCUT2D eigenvalue weighted by Gasteiger charge is -2.28. The van der Waals surface area contributed by atoms with E-state index in [1.807, 2.05) is 53.6 Å². The Morgan fingerprint density at radius 2 is 1.78 bits per heavy atom. The maximum Gasteiger partial charge on any atom is 0.226 e. The number of benzene rings is 1. The van der Waals surface area contributed by atoms with Crippen LogP contribution >= 0.6 is 12.2 Å². The molecule has 0 aliphatic carbocycles.